The van der Waals surface area contributed by atoms with Crippen LogP contribution in [0.4, 0.5) is 9.18 Å². The molecule has 37 heavy (non-hydrogen) atoms. The van der Waals surface area contributed by atoms with E-state index < -0.39 is 23.5 Å². The van der Waals surface area contributed by atoms with Gasteiger partial charge in [0, 0.05) is 30.0 Å². The Bertz CT molecular complexity index is 1310. The first-order valence-corrected chi connectivity index (χ1v) is 12.4. The van der Waals surface area contributed by atoms with Crippen LogP contribution in [0.3, 0.4) is 0 Å². The zero-order valence-electron chi connectivity index (χ0n) is 20.8. The number of nitrogens with zero attached hydrogens (tertiary/aromatic N) is 2. The molecule has 11 heteroatoms. The largest absolute Gasteiger partial charge is 0.490 e. The molecule has 0 saturated heterocycles. The average molecular weight is 530 g/mol. The lowest BCUT2D eigenvalue weighted by atomic mass is 10.1. The number of carbonyl (C=O) groups is 2. The van der Waals surface area contributed by atoms with Crippen molar-refractivity contribution in [3.8, 4) is 28.8 Å². The third kappa shape index (κ3) is 8.70. The van der Waals surface area contributed by atoms with Gasteiger partial charge in [0.15, 0.2) is 0 Å². The fourth-order valence-electron chi connectivity index (χ4n) is 3.13. The summed E-state index contributed by atoms with van der Waals surface area (Å²) in [5.41, 5.74) is 0.969. The smallest absolute Gasteiger partial charge is 0.407 e. The highest BCUT2D eigenvalue weighted by molar-refractivity contribution is 7.17. The van der Waals surface area contributed by atoms with Crippen molar-refractivity contribution in [2.24, 2.45) is 0 Å². The molecule has 9 nitrogen and oxygen atoms in total. The van der Waals surface area contributed by atoms with E-state index in [9.17, 15) is 14.0 Å². The van der Waals surface area contributed by atoms with Crippen LogP contribution < -0.4 is 10.1 Å². The number of carboxylic acids is 1. The first-order valence-electron chi connectivity index (χ1n) is 11.6. The van der Waals surface area contributed by atoms with Crippen LogP contribution in [0, 0.1) is 17.7 Å². The number of aromatic nitrogens is 2. The Morgan fingerprint density at radius 2 is 1.97 bits per heavy atom. The molecule has 2 heterocycles. The number of carbonyl (C=O) groups excluding carboxylic acids is 1. The Hall–Kier alpha value is -3.75. The van der Waals surface area contributed by atoms with E-state index in [4.69, 9.17) is 19.3 Å². The van der Waals surface area contributed by atoms with Gasteiger partial charge in [-0.1, -0.05) is 5.92 Å². The monoisotopic (exact) mass is 529 g/mol. The van der Waals surface area contributed by atoms with Crippen LogP contribution in [-0.4, -0.2) is 59.3 Å². The summed E-state index contributed by atoms with van der Waals surface area (Å²) in [6, 6.07) is 6.04. The van der Waals surface area contributed by atoms with Gasteiger partial charge < -0.3 is 24.6 Å². The highest BCUT2D eigenvalue weighted by Crippen LogP contribution is 2.36. The fraction of sp³-hybridized carbons (Fsp3) is 0.385. The number of carboxylic acid groups (broad SMARTS) is 1. The Balaban J connectivity index is 1.63. The van der Waals surface area contributed by atoms with E-state index in [1.807, 2.05) is 11.4 Å². The molecular formula is C26H28FN3O6S. The number of ether oxygens (including phenoxy) is 3. The lowest BCUT2D eigenvalue weighted by Crippen LogP contribution is -2.34. The molecule has 0 spiro atoms. The highest BCUT2D eigenvalue weighted by Gasteiger charge is 2.17. The quantitative estimate of drug-likeness (QED) is 0.288. The van der Waals surface area contributed by atoms with Gasteiger partial charge in [0.1, 0.15) is 35.2 Å². The lowest BCUT2D eigenvalue weighted by molar-refractivity contribution is -0.136. The van der Waals surface area contributed by atoms with Crippen LogP contribution in [0.5, 0.6) is 5.75 Å². The zero-order valence-corrected chi connectivity index (χ0v) is 21.6. The normalized spacial score (nSPS) is 11.0. The number of aliphatic carboxylic acids is 1. The number of hydrogen-bond acceptors (Lipinski definition) is 8. The molecule has 3 rings (SSSR count). The molecule has 3 aromatic rings. The summed E-state index contributed by atoms with van der Waals surface area (Å²) >= 11 is 1.44. The Morgan fingerprint density at radius 1 is 1.16 bits per heavy atom. The zero-order chi connectivity index (χ0) is 26.8. The average Bonchev–Trinajstić information content (AvgIpc) is 3.31. The van der Waals surface area contributed by atoms with Crippen molar-refractivity contribution in [1.29, 1.82) is 0 Å². The predicted octanol–water partition coefficient (Wildman–Crippen LogP) is 4.63. The highest BCUT2D eigenvalue weighted by atomic mass is 32.1. The molecule has 0 saturated carbocycles. The van der Waals surface area contributed by atoms with Gasteiger partial charge in [0.2, 0.25) is 0 Å². The lowest BCUT2D eigenvalue weighted by Gasteiger charge is -2.19. The van der Waals surface area contributed by atoms with Crippen LogP contribution >= 0.6 is 11.3 Å². The topological polar surface area (TPSA) is 120 Å². The molecule has 0 atom stereocenters. The number of hydrogen-bond donors (Lipinski definition) is 2. The van der Waals surface area contributed by atoms with Gasteiger partial charge in [0.05, 0.1) is 24.3 Å². The van der Waals surface area contributed by atoms with Gasteiger partial charge >= 0.3 is 12.1 Å². The van der Waals surface area contributed by atoms with Crippen LogP contribution in [0.1, 0.15) is 39.3 Å². The summed E-state index contributed by atoms with van der Waals surface area (Å²) in [7, 11) is 0. The molecule has 2 N–H and O–H groups in total. The third-order valence-corrected chi connectivity index (χ3v) is 5.58. The minimum Gasteiger partial charge on any atom is -0.490 e. The van der Waals surface area contributed by atoms with Gasteiger partial charge in [-0.2, -0.15) is 0 Å². The van der Waals surface area contributed by atoms with E-state index >= 15 is 0 Å². The van der Waals surface area contributed by atoms with Gasteiger partial charge in [-0.05, 0) is 50.3 Å². The van der Waals surface area contributed by atoms with Crippen molar-refractivity contribution in [2.45, 2.75) is 39.2 Å². The van der Waals surface area contributed by atoms with E-state index in [0.717, 1.165) is 10.1 Å². The Kier molecular flexibility index (Phi) is 9.77. The number of amides is 1. The molecule has 1 aromatic carbocycles. The van der Waals surface area contributed by atoms with Crippen molar-refractivity contribution < 1.29 is 33.3 Å². The van der Waals surface area contributed by atoms with Crippen LogP contribution in [0.15, 0.2) is 29.6 Å². The molecule has 0 aliphatic carbocycles. The maximum absolute atomic E-state index is 14.0. The summed E-state index contributed by atoms with van der Waals surface area (Å²) in [6.45, 7) is 6.25. The molecule has 0 radical (unpaired) electrons. The standard InChI is InChI=1S/C26H28FN3O6S/c1-26(2,3)36-25(33)28-11-12-34-13-14-35-21-16-17(27)8-9-19(21)23-24-18(10-15-37-24)20(29-30-23)6-4-5-7-22(31)32/h8-10,15-16H,5,7,11-14H2,1-3H3,(H,28,33)(H,31,32). The van der Waals surface area contributed by atoms with Crippen molar-refractivity contribution in [3.63, 3.8) is 0 Å². The molecule has 0 fully saturated rings. The van der Waals surface area contributed by atoms with Crippen LogP contribution in [0.2, 0.25) is 0 Å². The van der Waals surface area contributed by atoms with E-state index in [1.54, 1.807) is 26.8 Å². The van der Waals surface area contributed by atoms with Crippen LogP contribution in [-0.2, 0) is 14.3 Å². The first-order chi connectivity index (χ1) is 17.6. The maximum Gasteiger partial charge on any atom is 0.407 e. The summed E-state index contributed by atoms with van der Waals surface area (Å²) < 4.78 is 31.3. The van der Waals surface area contributed by atoms with Crippen molar-refractivity contribution in [3.05, 3.63) is 41.2 Å². The second-order valence-electron chi connectivity index (χ2n) is 8.79. The summed E-state index contributed by atoms with van der Waals surface area (Å²) in [4.78, 5) is 22.3. The van der Waals surface area contributed by atoms with Gasteiger partial charge in [0.25, 0.3) is 0 Å². The van der Waals surface area contributed by atoms with Gasteiger partial charge in [-0.15, -0.1) is 21.5 Å². The number of fused-ring (bicyclic) bond motifs is 1. The SMILES string of the molecule is CC(C)(C)OC(=O)NCCOCCOc1cc(F)ccc1-c1nnc(C#CCCC(=O)O)c2ccsc12. The molecule has 0 aliphatic heterocycles. The number of halogens is 1. The minimum absolute atomic E-state index is 0.0501. The molecular weight excluding hydrogens is 501 g/mol. The third-order valence-electron chi connectivity index (χ3n) is 4.65. The second kappa shape index (κ2) is 13.0. The molecule has 1 amide bonds. The molecule has 0 unspecified atom stereocenters. The van der Waals surface area contributed by atoms with E-state index in [-0.39, 0.29) is 39.2 Å². The predicted molar refractivity (Wildman–Crippen MR) is 137 cm³/mol. The van der Waals surface area contributed by atoms with E-state index in [2.05, 4.69) is 27.4 Å². The number of benzene rings is 1. The summed E-state index contributed by atoms with van der Waals surface area (Å²) in [6.07, 6.45) is -0.361. The van der Waals surface area contributed by atoms with Crippen molar-refractivity contribution >= 4 is 33.5 Å². The second-order valence-corrected chi connectivity index (χ2v) is 9.70. The van der Waals surface area contributed by atoms with Crippen molar-refractivity contribution in [1.82, 2.24) is 15.5 Å². The summed E-state index contributed by atoms with van der Waals surface area (Å²) in [5, 5.41) is 22.6. The van der Waals surface area contributed by atoms with Gasteiger partial charge in [-0.3, -0.25) is 4.79 Å². The Morgan fingerprint density at radius 3 is 2.73 bits per heavy atom. The maximum atomic E-state index is 14.0. The van der Waals surface area contributed by atoms with Gasteiger partial charge in [-0.25, -0.2) is 9.18 Å². The Labute approximate surface area is 218 Å². The molecule has 196 valence electrons. The minimum atomic E-state index is -0.914. The molecule has 2 aromatic heterocycles. The number of alkyl carbamates (subject to hydrolysis) is 1. The number of thiophene rings is 1. The van der Waals surface area contributed by atoms with Crippen LogP contribution in [0.25, 0.3) is 21.3 Å². The molecule has 0 bridgehead atoms. The molecule has 0 aliphatic rings. The van der Waals surface area contributed by atoms with E-state index in [0.29, 0.717) is 22.7 Å². The fourth-order valence-corrected chi connectivity index (χ4v) is 4.02. The van der Waals surface area contributed by atoms with E-state index in [1.165, 1.54) is 23.5 Å². The number of rotatable bonds is 10. The van der Waals surface area contributed by atoms with Crippen molar-refractivity contribution in [2.75, 3.05) is 26.4 Å². The summed E-state index contributed by atoms with van der Waals surface area (Å²) in [5.74, 6) is 4.61. The number of nitrogens with one attached hydrogen (secondary N) is 1. The first kappa shape index (κ1) is 27.8.